The van der Waals surface area contributed by atoms with Crippen molar-refractivity contribution in [2.45, 2.75) is 19.0 Å². The Hall–Kier alpha value is -3.75. The molecule has 5 rings (SSSR count). The molecule has 0 aliphatic carbocycles. The van der Waals surface area contributed by atoms with Crippen molar-refractivity contribution < 1.29 is 22.7 Å². The molecule has 0 spiro atoms. The van der Waals surface area contributed by atoms with Crippen molar-refractivity contribution in [1.82, 2.24) is 33.4 Å². The highest BCUT2D eigenvalue weighted by Crippen LogP contribution is 2.30. The summed E-state index contributed by atoms with van der Waals surface area (Å²) in [4.78, 5) is 28.0. The second kappa shape index (κ2) is 10.9. The lowest BCUT2D eigenvalue weighted by Crippen LogP contribution is -2.58. The van der Waals surface area contributed by atoms with Crippen molar-refractivity contribution in [2.24, 2.45) is 0 Å². The van der Waals surface area contributed by atoms with Crippen LogP contribution in [0.5, 0.6) is 11.5 Å². The Balaban J connectivity index is 1.32. The van der Waals surface area contributed by atoms with Gasteiger partial charge in [-0.1, -0.05) is 6.07 Å². The number of carbonyl (C=O) groups excluding carboxylic acids is 1. The van der Waals surface area contributed by atoms with Crippen molar-refractivity contribution in [3.63, 3.8) is 0 Å². The number of imidazole rings is 1. The number of nitrogens with zero attached hydrogens (tertiary/aromatic N) is 7. The lowest BCUT2D eigenvalue weighted by Gasteiger charge is -2.41. The smallest absolute Gasteiger partial charge is 0.281 e. The zero-order valence-corrected chi connectivity index (χ0v) is 22.0. The zero-order chi connectivity index (χ0) is 26.7. The van der Waals surface area contributed by atoms with Crippen LogP contribution in [-0.2, 0) is 21.5 Å². The Kier molecular flexibility index (Phi) is 7.44. The van der Waals surface area contributed by atoms with Crippen molar-refractivity contribution in [3.05, 3.63) is 54.7 Å². The van der Waals surface area contributed by atoms with E-state index in [1.54, 1.807) is 35.6 Å². The molecule has 38 heavy (non-hydrogen) atoms. The maximum absolute atomic E-state index is 13.1. The first-order valence-electron chi connectivity index (χ1n) is 12.2. The molecule has 1 fully saturated rings. The molecule has 202 valence electrons. The number of hydrogen-bond donors (Lipinski definition) is 1. The van der Waals surface area contributed by atoms with E-state index < -0.39 is 16.3 Å². The van der Waals surface area contributed by atoms with Gasteiger partial charge in [0.15, 0.2) is 11.5 Å². The number of ether oxygens (including phenoxy) is 2. The van der Waals surface area contributed by atoms with E-state index in [-0.39, 0.29) is 25.4 Å². The van der Waals surface area contributed by atoms with Gasteiger partial charge in [0.1, 0.15) is 25.4 Å². The summed E-state index contributed by atoms with van der Waals surface area (Å²) in [5.41, 5.74) is 0.876. The molecule has 1 amide bonds. The monoisotopic (exact) mass is 542 g/mol. The third-order valence-corrected chi connectivity index (χ3v) is 8.32. The van der Waals surface area contributed by atoms with Crippen molar-refractivity contribution in [3.8, 4) is 17.4 Å². The van der Waals surface area contributed by atoms with E-state index in [4.69, 9.17) is 9.47 Å². The highest BCUT2D eigenvalue weighted by molar-refractivity contribution is 7.86. The minimum absolute atomic E-state index is 0.0778. The van der Waals surface area contributed by atoms with E-state index in [2.05, 4.69) is 20.3 Å². The van der Waals surface area contributed by atoms with Gasteiger partial charge < -0.3 is 19.7 Å². The van der Waals surface area contributed by atoms with E-state index in [0.29, 0.717) is 49.6 Å². The lowest BCUT2D eigenvalue weighted by atomic mass is 10.1. The van der Waals surface area contributed by atoms with Gasteiger partial charge in [-0.25, -0.2) is 9.97 Å². The van der Waals surface area contributed by atoms with Gasteiger partial charge in [0, 0.05) is 65.3 Å². The number of carbonyl (C=O) groups is 1. The molecule has 1 atom stereocenters. The number of fused-ring (bicyclic) bond motifs is 1. The molecule has 2 aromatic heterocycles. The Morgan fingerprint density at radius 1 is 1.13 bits per heavy atom. The minimum atomic E-state index is -3.64. The molecule has 1 unspecified atom stereocenters. The molecule has 3 aromatic rings. The van der Waals surface area contributed by atoms with Gasteiger partial charge in [-0.3, -0.25) is 9.36 Å². The predicted octanol–water partition coefficient (Wildman–Crippen LogP) is 0.437. The summed E-state index contributed by atoms with van der Waals surface area (Å²) < 4.78 is 41.2. The fourth-order valence-corrected chi connectivity index (χ4v) is 5.56. The van der Waals surface area contributed by atoms with Gasteiger partial charge in [0.05, 0.1) is 6.04 Å². The van der Waals surface area contributed by atoms with Crippen molar-refractivity contribution >= 4 is 21.9 Å². The molecule has 1 aromatic carbocycles. The average molecular weight is 543 g/mol. The van der Waals surface area contributed by atoms with Crippen LogP contribution in [0.25, 0.3) is 5.95 Å². The van der Waals surface area contributed by atoms with Crippen LogP contribution in [0.1, 0.15) is 12.0 Å². The van der Waals surface area contributed by atoms with Crippen LogP contribution in [0.2, 0.25) is 0 Å². The van der Waals surface area contributed by atoms with Crippen LogP contribution < -0.4 is 19.7 Å². The molecule has 1 saturated heterocycles. The molecular weight excluding hydrogens is 512 g/mol. The van der Waals surface area contributed by atoms with E-state index in [1.807, 2.05) is 23.1 Å². The third kappa shape index (κ3) is 5.56. The van der Waals surface area contributed by atoms with Crippen LogP contribution in [0.3, 0.4) is 0 Å². The molecule has 2 aliphatic rings. The van der Waals surface area contributed by atoms with E-state index in [0.717, 1.165) is 5.56 Å². The average Bonchev–Trinajstić information content (AvgIpc) is 3.47. The molecule has 14 heteroatoms. The van der Waals surface area contributed by atoms with Gasteiger partial charge >= 0.3 is 0 Å². The van der Waals surface area contributed by atoms with E-state index >= 15 is 0 Å². The summed E-state index contributed by atoms with van der Waals surface area (Å²) in [6.45, 7) is 2.08. The molecule has 4 heterocycles. The molecule has 13 nitrogen and oxygen atoms in total. The van der Waals surface area contributed by atoms with Crippen LogP contribution in [0.4, 0.5) is 5.82 Å². The minimum Gasteiger partial charge on any atom is -0.486 e. The Morgan fingerprint density at radius 3 is 2.71 bits per heavy atom. The molecule has 0 saturated carbocycles. The molecular formula is C24H30N8O5S. The molecule has 1 N–H and O–H groups in total. The maximum Gasteiger partial charge on any atom is 0.281 e. The van der Waals surface area contributed by atoms with Gasteiger partial charge in [0.25, 0.3) is 10.2 Å². The summed E-state index contributed by atoms with van der Waals surface area (Å²) in [7, 11) is -0.647. The number of piperazine rings is 1. The quantitative estimate of drug-likeness (QED) is 0.430. The topological polar surface area (TPSA) is 135 Å². The standard InChI is InChI=1S/C24H30N8O5S/c1-29(2)38(34,35)31-9-10-32(22-5-6-26-24(28-22)30-8-7-25-17-30)19(16-31)14-23(33)27-15-18-3-4-20-21(13-18)37-12-11-36-20/h3-8,13,17,19H,9-12,14-16H2,1-2H3,(H,27,33). The largest absolute Gasteiger partial charge is 0.486 e. The SMILES string of the molecule is CN(C)S(=O)(=O)N1CCN(c2ccnc(-n3ccnc3)n2)C(CC(=O)NCc2ccc3c(c2)OCCO3)C1. The summed E-state index contributed by atoms with van der Waals surface area (Å²) in [6.07, 6.45) is 6.69. The Labute approximate surface area is 221 Å². The molecule has 2 aliphatic heterocycles. The Bertz CT molecular complexity index is 1380. The van der Waals surface area contributed by atoms with Gasteiger partial charge in [-0.2, -0.15) is 22.0 Å². The van der Waals surface area contributed by atoms with Gasteiger partial charge in [-0.15, -0.1) is 0 Å². The van der Waals surface area contributed by atoms with Crippen LogP contribution in [0, 0.1) is 0 Å². The normalized spacial score (nSPS) is 18.0. The van der Waals surface area contributed by atoms with Crippen molar-refractivity contribution in [2.75, 3.05) is 51.8 Å². The maximum atomic E-state index is 13.1. The first kappa shape index (κ1) is 25.9. The number of aromatic nitrogens is 4. The highest BCUT2D eigenvalue weighted by Gasteiger charge is 2.36. The number of benzene rings is 1. The van der Waals surface area contributed by atoms with Crippen LogP contribution in [0.15, 0.2) is 49.2 Å². The zero-order valence-electron chi connectivity index (χ0n) is 21.2. The first-order chi connectivity index (χ1) is 18.3. The highest BCUT2D eigenvalue weighted by atomic mass is 32.2. The Morgan fingerprint density at radius 2 is 1.95 bits per heavy atom. The first-order valence-corrected chi connectivity index (χ1v) is 13.6. The van der Waals surface area contributed by atoms with Crippen LogP contribution in [-0.4, -0.2) is 95.4 Å². The number of anilines is 1. The lowest BCUT2D eigenvalue weighted by molar-refractivity contribution is -0.121. The van der Waals surface area contributed by atoms with Gasteiger partial charge in [-0.05, 0) is 23.8 Å². The van der Waals surface area contributed by atoms with E-state index in [1.165, 1.54) is 22.7 Å². The second-order valence-corrected chi connectivity index (χ2v) is 11.3. The van der Waals surface area contributed by atoms with E-state index in [9.17, 15) is 13.2 Å². The third-order valence-electron chi connectivity index (χ3n) is 6.41. The summed E-state index contributed by atoms with van der Waals surface area (Å²) in [6, 6.07) is 6.88. The number of amides is 1. The molecule has 0 bridgehead atoms. The van der Waals surface area contributed by atoms with Gasteiger partial charge in [0.2, 0.25) is 11.9 Å². The second-order valence-electron chi connectivity index (χ2n) is 9.14. The van der Waals surface area contributed by atoms with Crippen molar-refractivity contribution in [1.29, 1.82) is 0 Å². The summed E-state index contributed by atoms with van der Waals surface area (Å²) >= 11 is 0. The van der Waals surface area contributed by atoms with Crippen LogP contribution >= 0.6 is 0 Å². The number of rotatable bonds is 8. The predicted molar refractivity (Wildman–Crippen MR) is 138 cm³/mol. The fraction of sp³-hybridized carbons (Fsp3) is 0.417. The number of nitrogens with one attached hydrogen (secondary N) is 1. The molecule has 0 radical (unpaired) electrons. The summed E-state index contributed by atoms with van der Waals surface area (Å²) in [5, 5.41) is 2.95. The fourth-order valence-electron chi connectivity index (χ4n) is 4.43. The number of hydrogen-bond acceptors (Lipinski definition) is 9. The summed E-state index contributed by atoms with van der Waals surface area (Å²) in [5.74, 6) is 2.18.